The minimum Gasteiger partial charge on any atom is -0.325 e. The number of sulfonamides is 1. The minimum atomic E-state index is -3.53. The molecule has 1 aliphatic rings. The summed E-state index contributed by atoms with van der Waals surface area (Å²) in [5.74, 6) is 0.819. The highest BCUT2D eigenvalue weighted by atomic mass is 32.2. The van der Waals surface area contributed by atoms with Gasteiger partial charge in [0.25, 0.3) is 0 Å². The number of hydrogen-bond acceptors (Lipinski definition) is 5. The van der Waals surface area contributed by atoms with Gasteiger partial charge < -0.3 is 5.73 Å². The molecule has 0 bridgehead atoms. The summed E-state index contributed by atoms with van der Waals surface area (Å²) in [5.41, 5.74) is 6.55. The number of H-pyrrole nitrogens is 1. The maximum Gasteiger partial charge on any atom is 0.247 e. The van der Waals surface area contributed by atoms with Gasteiger partial charge in [0.1, 0.15) is 4.90 Å². The molecular weight excluding hydrogens is 284 g/mol. The summed E-state index contributed by atoms with van der Waals surface area (Å²) in [6.45, 7) is 6.37. The van der Waals surface area contributed by atoms with Crippen molar-refractivity contribution in [3.05, 3.63) is 11.4 Å². The van der Waals surface area contributed by atoms with E-state index in [1.165, 1.54) is 0 Å². The molecule has 0 aliphatic carbocycles. The van der Waals surface area contributed by atoms with E-state index < -0.39 is 10.0 Å². The lowest BCUT2D eigenvalue weighted by atomic mass is 10.2. The molecule has 108 valence electrons. The van der Waals surface area contributed by atoms with E-state index in [1.807, 2.05) is 6.92 Å². The monoisotopic (exact) mass is 304 g/mol. The number of nitrogens with zero attached hydrogens (tertiary/aromatic N) is 2. The van der Waals surface area contributed by atoms with Crippen LogP contribution < -0.4 is 5.73 Å². The van der Waals surface area contributed by atoms with Gasteiger partial charge in [-0.3, -0.25) is 5.10 Å². The highest BCUT2D eigenvalue weighted by Crippen LogP contribution is 2.31. The van der Waals surface area contributed by atoms with Crippen LogP contribution in [0, 0.1) is 6.92 Å². The van der Waals surface area contributed by atoms with Crippen LogP contribution in [0.2, 0.25) is 0 Å². The number of nitrogens with two attached hydrogens (primary N) is 1. The van der Waals surface area contributed by atoms with E-state index >= 15 is 0 Å². The van der Waals surface area contributed by atoms with Crippen LogP contribution in [0.5, 0.6) is 0 Å². The number of thioether (sulfide) groups is 1. The topological polar surface area (TPSA) is 92.1 Å². The van der Waals surface area contributed by atoms with E-state index in [0.29, 0.717) is 17.9 Å². The molecule has 6 nitrogen and oxygen atoms in total. The third-order valence-electron chi connectivity index (χ3n) is 3.55. The van der Waals surface area contributed by atoms with Gasteiger partial charge >= 0.3 is 0 Å². The Morgan fingerprint density at radius 2 is 2.21 bits per heavy atom. The zero-order valence-corrected chi connectivity index (χ0v) is 13.0. The molecule has 3 N–H and O–H groups in total. The first-order valence-electron chi connectivity index (χ1n) is 6.27. The Morgan fingerprint density at radius 3 is 2.84 bits per heavy atom. The van der Waals surface area contributed by atoms with Gasteiger partial charge in [-0.2, -0.15) is 21.2 Å². The minimum absolute atomic E-state index is 0.0244. The van der Waals surface area contributed by atoms with Crippen LogP contribution in [-0.4, -0.2) is 46.5 Å². The summed E-state index contributed by atoms with van der Waals surface area (Å²) < 4.78 is 27.2. The Hall–Kier alpha value is -0.570. The molecule has 2 heterocycles. The van der Waals surface area contributed by atoms with Crippen molar-refractivity contribution in [2.45, 2.75) is 43.5 Å². The second-order valence-electron chi connectivity index (χ2n) is 4.76. The molecule has 0 saturated carbocycles. The van der Waals surface area contributed by atoms with Crippen LogP contribution >= 0.6 is 11.8 Å². The van der Waals surface area contributed by atoms with Gasteiger partial charge in [-0.05, 0) is 13.8 Å². The lowest BCUT2D eigenvalue weighted by Gasteiger charge is -2.36. The highest BCUT2D eigenvalue weighted by Gasteiger charge is 2.37. The Morgan fingerprint density at radius 1 is 1.53 bits per heavy atom. The molecule has 0 radical (unpaired) electrons. The van der Waals surface area contributed by atoms with E-state index in [-0.39, 0.29) is 22.7 Å². The summed E-state index contributed by atoms with van der Waals surface area (Å²) in [4.78, 5) is 0.251. The molecule has 1 aromatic heterocycles. The summed E-state index contributed by atoms with van der Waals surface area (Å²) in [7, 11) is -3.53. The Kier molecular flexibility index (Phi) is 4.24. The fourth-order valence-electron chi connectivity index (χ4n) is 2.31. The third-order valence-corrected chi connectivity index (χ3v) is 7.08. The second kappa shape index (κ2) is 5.43. The van der Waals surface area contributed by atoms with Crippen molar-refractivity contribution < 1.29 is 8.42 Å². The number of hydrogen-bond donors (Lipinski definition) is 2. The van der Waals surface area contributed by atoms with Gasteiger partial charge in [0.05, 0.1) is 11.4 Å². The summed E-state index contributed by atoms with van der Waals surface area (Å²) >= 11 is 1.80. The second-order valence-corrected chi connectivity index (χ2v) is 8.07. The highest BCUT2D eigenvalue weighted by molar-refractivity contribution is 8.00. The third kappa shape index (κ3) is 2.54. The van der Waals surface area contributed by atoms with Crippen LogP contribution in [0.1, 0.15) is 25.2 Å². The van der Waals surface area contributed by atoms with Gasteiger partial charge in [0.15, 0.2) is 0 Å². The first-order chi connectivity index (χ1) is 8.89. The van der Waals surface area contributed by atoms with Crippen LogP contribution in [-0.2, 0) is 16.6 Å². The van der Waals surface area contributed by atoms with Crippen molar-refractivity contribution in [3.8, 4) is 0 Å². The average Bonchev–Trinajstić information content (AvgIpc) is 2.74. The molecule has 1 aliphatic heterocycles. The predicted octanol–water partition coefficient (Wildman–Crippen LogP) is 0.691. The van der Waals surface area contributed by atoms with Crippen LogP contribution in [0.25, 0.3) is 0 Å². The van der Waals surface area contributed by atoms with E-state index in [2.05, 4.69) is 17.1 Å². The van der Waals surface area contributed by atoms with Crippen molar-refractivity contribution in [2.75, 3.05) is 12.3 Å². The molecular formula is C11H20N4O2S2. The van der Waals surface area contributed by atoms with Crippen molar-refractivity contribution >= 4 is 21.8 Å². The maximum absolute atomic E-state index is 12.8. The lowest BCUT2D eigenvalue weighted by Crippen LogP contribution is -2.48. The number of nitrogens with one attached hydrogen (secondary N) is 1. The number of aromatic nitrogens is 2. The largest absolute Gasteiger partial charge is 0.325 e. The van der Waals surface area contributed by atoms with Crippen LogP contribution in [0.15, 0.2) is 4.90 Å². The molecule has 2 rings (SSSR count). The summed E-state index contributed by atoms with van der Waals surface area (Å²) in [6.07, 6.45) is 0. The quantitative estimate of drug-likeness (QED) is 0.857. The summed E-state index contributed by atoms with van der Waals surface area (Å²) in [5, 5.41) is 6.99. The van der Waals surface area contributed by atoms with Crippen molar-refractivity contribution in [2.24, 2.45) is 5.73 Å². The Balaban J connectivity index is 2.44. The van der Waals surface area contributed by atoms with Crippen molar-refractivity contribution in [1.29, 1.82) is 0 Å². The van der Waals surface area contributed by atoms with E-state index in [0.717, 1.165) is 5.75 Å². The van der Waals surface area contributed by atoms with Gasteiger partial charge in [0.2, 0.25) is 10.0 Å². The molecule has 1 aromatic rings. The molecule has 0 spiro atoms. The molecule has 1 saturated heterocycles. The molecule has 2 unspecified atom stereocenters. The number of aromatic amines is 1. The Bertz CT molecular complexity index is 555. The molecule has 2 atom stereocenters. The molecule has 8 heteroatoms. The first kappa shape index (κ1) is 14.8. The normalized spacial score (nSPS) is 25.7. The summed E-state index contributed by atoms with van der Waals surface area (Å²) in [6, 6.07) is -0.0244. The molecule has 0 amide bonds. The van der Waals surface area contributed by atoms with Crippen molar-refractivity contribution in [1.82, 2.24) is 14.5 Å². The van der Waals surface area contributed by atoms with E-state index in [4.69, 9.17) is 5.73 Å². The van der Waals surface area contributed by atoms with Gasteiger partial charge in [-0.25, -0.2) is 8.42 Å². The van der Waals surface area contributed by atoms with E-state index in [1.54, 1.807) is 23.0 Å². The maximum atomic E-state index is 12.8. The van der Waals surface area contributed by atoms with Gasteiger partial charge in [-0.1, -0.05) is 6.92 Å². The molecule has 1 fully saturated rings. The zero-order chi connectivity index (χ0) is 14.2. The SMILES string of the molecule is Cc1[nH]nc(CN)c1S(=O)(=O)N1CCSC(C)C1C. The molecule has 0 aromatic carbocycles. The zero-order valence-electron chi connectivity index (χ0n) is 11.4. The number of rotatable bonds is 3. The fraction of sp³-hybridized carbons (Fsp3) is 0.727. The van der Waals surface area contributed by atoms with Crippen LogP contribution in [0.4, 0.5) is 0 Å². The van der Waals surface area contributed by atoms with Gasteiger partial charge in [-0.15, -0.1) is 0 Å². The fourth-order valence-corrected chi connectivity index (χ4v) is 5.65. The Labute approximate surface area is 118 Å². The standard InChI is InChI=1S/C11H20N4O2S2/c1-7-11(10(6-12)14-13-7)19(16,17)15-4-5-18-9(3)8(15)2/h8-9H,4-6,12H2,1-3H3,(H,13,14). The smallest absolute Gasteiger partial charge is 0.247 e. The first-order valence-corrected chi connectivity index (χ1v) is 8.75. The lowest BCUT2D eigenvalue weighted by molar-refractivity contribution is 0.340. The predicted molar refractivity (Wildman–Crippen MR) is 76.5 cm³/mol. The van der Waals surface area contributed by atoms with Crippen molar-refractivity contribution in [3.63, 3.8) is 0 Å². The average molecular weight is 304 g/mol. The number of aryl methyl sites for hydroxylation is 1. The van der Waals surface area contributed by atoms with E-state index in [9.17, 15) is 8.42 Å². The molecule has 19 heavy (non-hydrogen) atoms. The van der Waals surface area contributed by atoms with Crippen LogP contribution in [0.3, 0.4) is 0 Å². The van der Waals surface area contributed by atoms with Gasteiger partial charge in [0, 0.05) is 30.1 Å².